The van der Waals surface area contributed by atoms with E-state index in [1.807, 2.05) is 13.8 Å². The molecule has 0 saturated carbocycles. The molecule has 6 nitrogen and oxygen atoms in total. The molecule has 0 aromatic rings. The first kappa shape index (κ1) is 17.7. The van der Waals surface area contributed by atoms with Gasteiger partial charge in [-0.2, -0.15) is 0 Å². The van der Waals surface area contributed by atoms with E-state index in [0.29, 0.717) is 19.3 Å². The van der Waals surface area contributed by atoms with E-state index in [0.717, 1.165) is 0 Å². The summed E-state index contributed by atoms with van der Waals surface area (Å²) < 4.78 is 0. The van der Waals surface area contributed by atoms with Crippen LogP contribution in [0.5, 0.6) is 0 Å². The van der Waals surface area contributed by atoms with E-state index >= 15 is 0 Å². The molecule has 1 aliphatic heterocycles. The third-order valence-electron chi connectivity index (χ3n) is 4.48. The number of carbonyl (C=O) groups excluding carboxylic acids is 1. The molecule has 6 heteroatoms. The first-order valence-electron chi connectivity index (χ1n) is 7.39. The normalized spacial score (nSPS) is 27.1. The van der Waals surface area contributed by atoms with Crippen molar-refractivity contribution in [1.29, 1.82) is 0 Å². The Labute approximate surface area is 125 Å². The van der Waals surface area contributed by atoms with Crippen molar-refractivity contribution in [2.24, 2.45) is 5.92 Å². The summed E-state index contributed by atoms with van der Waals surface area (Å²) in [7, 11) is 0. The number of aliphatic hydroxyl groups is 1. The monoisotopic (exact) mass is 298 g/mol. The average molecular weight is 298 g/mol. The summed E-state index contributed by atoms with van der Waals surface area (Å²) in [5, 5.41) is 25.8. The van der Waals surface area contributed by atoms with Gasteiger partial charge in [0.15, 0.2) is 0 Å². The number of amides is 1. The van der Waals surface area contributed by atoms with Crippen molar-refractivity contribution in [2.45, 2.75) is 63.8 Å². The zero-order valence-corrected chi connectivity index (χ0v) is 12.9. The van der Waals surface area contributed by atoms with Gasteiger partial charge in [-0.05, 0) is 25.2 Å². The van der Waals surface area contributed by atoms with E-state index in [1.54, 1.807) is 6.08 Å². The summed E-state index contributed by atoms with van der Waals surface area (Å²) >= 11 is 0. The lowest BCUT2D eigenvalue weighted by Crippen LogP contribution is -2.62. The number of hydrogen-bond donors (Lipinski definition) is 4. The topological polar surface area (TPSA) is 98.7 Å². The first-order valence-corrected chi connectivity index (χ1v) is 7.39. The van der Waals surface area contributed by atoms with Gasteiger partial charge in [0.1, 0.15) is 6.04 Å². The fraction of sp³-hybridized carbons (Fsp3) is 0.733. The predicted octanol–water partition coefficient (Wildman–Crippen LogP) is 0.659. The fourth-order valence-electron chi connectivity index (χ4n) is 3.07. The molecule has 1 saturated heterocycles. The number of carbonyl (C=O) groups is 2. The largest absolute Gasteiger partial charge is 0.480 e. The fourth-order valence-corrected chi connectivity index (χ4v) is 3.07. The van der Waals surface area contributed by atoms with Gasteiger partial charge in [-0.25, -0.2) is 0 Å². The van der Waals surface area contributed by atoms with E-state index in [2.05, 4.69) is 17.2 Å². The second-order valence-electron chi connectivity index (χ2n) is 5.71. The highest BCUT2D eigenvalue weighted by molar-refractivity contribution is 5.75. The van der Waals surface area contributed by atoms with Gasteiger partial charge in [0, 0.05) is 13.0 Å². The maximum Gasteiger partial charge on any atom is 0.320 e. The van der Waals surface area contributed by atoms with E-state index in [-0.39, 0.29) is 17.9 Å². The number of carboxylic acids is 1. The van der Waals surface area contributed by atoms with Crippen molar-refractivity contribution in [3.63, 3.8) is 0 Å². The van der Waals surface area contributed by atoms with Crippen molar-refractivity contribution in [1.82, 2.24) is 10.6 Å². The molecule has 1 fully saturated rings. The van der Waals surface area contributed by atoms with Crippen LogP contribution < -0.4 is 10.6 Å². The summed E-state index contributed by atoms with van der Waals surface area (Å²) in [6, 6.07) is -1.60. The zero-order chi connectivity index (χ0) is 16.2. The molecule has 1 heterocycles. The van der Waals surface area contributed by atoms with Gasteiger partial charge in [-0.3, -0.25) is 14.9 Å². The molecule has 1 aliphatic rings. The number of rotatable bonds is 7. The average Bonchev–Trinajstić information content (AvgIpc) is 2.87. The third kappa shape index (κ3) is 3.83. The van der Waals surface area contributed by atoms with Crippen LogP contribution in [-0.4, -0.2) is 45.8 Å². The number of nitrogens with one attached hydrogen (secondary N) is 2. The maximum atomic E-state index is 11.5. The van der Waals surface area contributed by atoms with Crippen molar-refractivity contribution in [2.75, 3.05) is 0 Å². The molecule has 2 unspecified atom stereocenters. The second kappa shape index (κ2) is 7.04. The number of aliphatic carboxylic acids is 1. The lowest BCUT2D eigenvalue weighted by atomic mass is 9.80. The van der Waals surface area contributed by atoms with Gasteiger partial charge in [0.2, 0.25) is 5.91 Å². The molecule has 0 radical (unpaired) electrons. The van der Waals surface area contributed by atoms with E-state index in [9.17, 15) is 19.8 Å². The Balaban J connectivity index is 3.09. The van der Waals surface area contributed by atoms with Crippen LogP contribution in [0, 0.1) is 5.92 Å². The lowest BCUT2D eigenvalue weighted by molar-refractivity contribution is -0.139. The van der Waals surface area contributed by atoms with Gasteiger partial charge >= 0.3 is 5.97 Å². The molecule has 0 aliphatic carbocycles. The van der Waals surface area contributed by atoms with Crippen LogP contribution in [0.15, 0.2) is 12.7 Å². The summed E-state index contributed by atoms with van der Waals surface area (Å²) in [4.78, 5) is 22.7. The summed E-state index contributed by atoms with van der Waals surface area (Å²) in [6.45, 7) is 8.85. The Morgan fingerprint density at radius 1 is 1.48 bits per heavy atom. The molecule has 120 valence electrons. The van der Waals surface area contributed by atoms with Crippen LogP contribution in [0.4, 0.5) is 0 Å². The molecule has 4 N–H and O–H groups in total. The molecular weight excluding hydrogens is 272 g/mol. The summed E-state index contributed by atoms with van der Waals surface area (Å²) in [5.74, 6) is -1.29. The second-order valence-corrected chi connectivity index (χ2v) is 5.71. The number of carboxylic acid groups (broad SMARTS) is 1. The Morgan fingerprint density at radius 2 is 2.05 bits per heavy atom. The van der Waals surface area contributed by atoms with Gasteiger partial charge in [0.05, 0.1) is 11.6 Å². The maximum absolute atomic E-state index is 11.5. The molecule has 0 aromatic heterocycles. The molecular formula is C15H26N2O4. The van der Waals surface area contributed by atoms with Gasteiger partial charge in [-0.15, -0.1) is 6.58 Å². The predicted molar refractivity (Wildman–Crippen MR) is 79.8 cm³/mol. The molecule has 21 heavy (non-hydrogen) atoms. The van der Waals surface area contributed by atoms with Crippen molar-refractivity contribution < 1.29 is 19.8 Å². The number of hydrogen-bond acceptors (Lipinski definition) is 4. The highest BCUT2D eigenvalue weighted by Gasteiger charge is 2.47. The highest BCUT2D eigenvalue weighted by Crippen LogP contribution is 2.31. The minimum Gasteiger partial charge on any atom is -0.480 e. The molecule has 0 bridgehead atoms. The van der Waals surface area contributed by atoms with Crippen LogP contribution >= 0.6 is 0 Å². The summed E-state index contributed by atoms with van der Waals surface area (Å²) in [6.07, 6.45) is 3.03. The third-order valence-corrected chi connectivity index (χ3v) is 4.48. The quantitative estimate of drug-likeness (QED) is 0.518. The van der Waals surface area contributed by atoms with Gasteiger partial charge in [-0.1, -0.05) is 19.9 Å². The molecule has 1 amide bonds. The Bertz CT molecular complexity index is 406. The van der Waals surface area contributed by atoms with Crippen LogP contribution in [0.3, 0.4) is 0 Å². The van der Waals surface area contributed by atoms with Crippen molar-refractivity contribution >= 4 is 11.9 Å². The van der Waals surface area contributed by atoms with E-state index in [1.165, 1.54) is 6.92 Å². The van der Waals surface area contributed by atoms with E-state index < -0.39 is 23.7 Å². The van der Waals surface area contributed by atoms with Crippen LogP contribution in [0.1, 0.15) is 40.0 Å². The van der Waals surface area contributed by atoms with Crippen molar-refractivity contribution in [3.05, 3.63) is 12.7 Å². The van der Waals surface area contributed by atoms with Gasteiger partial charge < -0.3 is 15.5 Å². The molecule has 0 spiro atoms. The Morgan fingerprint density at radius 3 is 2.43 bits per heavy atom. The molecule has 0 aromatic carbocycles. The van der Waals surface area contributed by atoms with E-state index in [4.69, 9.17) is 0 Å². The summed E-state index contributed by atoms with van der Waals surface area (Å²) in [5.41, 5.74) is -1.09. The van der Waals surface area contributed by atoms with Crippen LogP contribution in [0.2, 0.25) is 0 Å². The zero-order valence-electron chi connectivity index (χ0n) is 12.9. The first-order chi connectivity index (χ1) is 9.78. The minimum atomic E-state index is -1.09. The Hall–Kier alpha value is -1.40. The minimum absolute atomic E-state index is 0.118. The van der Waals surface area contributed by atoms with Crippen LogP contribution in [-0.2, 0) is 9.59 Å². The standard InChI is InChI=1S/C15H26N2O4/c1-5-10-8-11(14(19)20)17-12(10)13(16-9(4)18)15(21,6-2)7-3/h5,10-13,17,21H,1,6-8H2,2-4H3,(H,16,18)(H,19,20)/t10-,11?,12-,13?/m1/s1. The smallest absolute Gasteiger partial charge is 0.320 e. The molecule has 4 atom stereocenters. The highest BCUT2D eigenvalue weighted by atomic mass is 16.4. The Kier molecular flexibility index (Phi) is 5.92. The van der Waals surface area contributed by atoms with Crippen molar-refractivity contribution in [3.8, 4) is 0 Å². The van der Waals surface area contributed by atoms with Crippen LogP contribution in [0.25, 0.3) is 0 Å². The SMILES string of the molecule is C=C[C@@H]1CC(C(=O)O)N[C@H]1C(NC(C)=O)C(O)(CC)CC. The molecule has 1 rings (SSSR count). The lowest BCUT2D eigenvalue weighted by Gasteiger charge is -2.40. The van der Waals surface area contributed by atoms with Gasteiger partial charge in [0.25, 0.3) is 0 Å².